The normalized spacial score (nSPS) is 26.7. The summed E-state index contributed by atoms with van der Waals surface area (Å²) in [4.78, 5) is 11.3. The summed E-state index contributed by atoms with van der Waals surface area (Å²) in [5.41, 5.74) is -2.03. The first-order valence-corrected chi connectivity index (χ1v) is 6.82. The topological polar surface area (TPSA) is 49.3 Å². The SMILES string of the molecule is O=C(O)C1(C(F)(F)F)CNCC1Cc1cccc(Br)c1. The van der Waals surface area contributed by atoms with Crippen LogP contribution in [0, 0.1) is 11.3 Å². The van der Waals surface area contributed by atoms with E-state index in [1.54, 1.807) is 24.3 Å². The van der Waals surface area contributed by atoms with Gasteiger partial charge in [-0.05, 0) is 30.7 Å². The van der Waals surface area contributed by atoms with E-state index in [1.807, 2.05) is 0 Å². The van der Waals surface area contributed by atoms with Crippen molar-refractivity contribution < 1.29 is 23.1 Å². The average molecular weight is 352 g/mol. The van der Waals surface area contributed by atoms with Crippen molar-refractivity contribution in [3.05, 3.63) is 34.3 Å². The molecule has 7 heteroatoms. The standard InChI is InChI=1S/C13H13BrF3NO2/c14-10-3-1-2-8(5-10)4-9-6-18-7-12(9,11(19)20)13(15,16)17/h1-3,5,9,18H,4,6-7H2,(H,19,20). The molecule has 2 rings (SSSR count). The molecule has 0 radical (unpaired) electrons. The van der Waals surface area contributed by atoms with Crippen LogP contribution in [0.1, 0.15) is 5.56 Å². The number of benzene rings is 1. The molecule has 20 heavy (non-hydrogen) atoms. The zero-order chi connectivity index (χ0) is 15.0. The van der Waals surface area contributed by atoms with Gasteiger partial charge in [-0.15, -0.1) is 0 Å². The Hall–Kier alpha value is -1.08. The molecule has 3 nitrogen and oxygen atoms in total. The van der Waals surface area contributed by atoms with Crippen molar-refractivity contribution in [2.45, 2.75) is 12.6 Å². The lowest BCUT2D eigenvalue weighted by Gasteiger charge is -2.32. The minimum Gasteiger partial charge on any atom is -0.481 e. The lowest BCUT2D eigenvalue weighted by molar-refractivity contribution is -0.236. The van der Waals surface area contributed by atoms with Gasteiger partial charge in [0.1, 0.15) is 0 Å². The highest BCUT2D eigenvalue weighted by molar-refractivity contribution is 9.10. The first-order valence-electron chi connectivity index (χ1n) is 6.02. The molecule has 2 N–H and O–H groups in total. The van der Waals surface area contributed by atoms with Gasteiger partial charge in [0.05, 0.1) is 0 Å². The molecule has 2 atom stereocenters. The molecule has 0 aromatic heterocycles. The maximum atomic E-state index is 13.3. The lowest BCUT2D eigenvalue weighted by Crippen LogP contribution is -2.51. The van der Waals surface area contributed by atoms with Crippen LogP contribution in [-0.2, 0) is 11.2 Å². The number of carboxylic acid groups (broad SMARTS) is 1. The molecular weight excluding hydrogens is 339 g/mol. The van der Waals surface area contributed by atoms with Crippen molar-refractivity contribution in [2.24, 2.45) is 11.3 Å². The smallest absolute Gasteiger partial charge is 0.406 e. The largest absolute Gasteiger partial charge is 0.481 e. The molecule has 0 saturated carbocycles. The summed E-state index contributed by atoms with van der Waals surface area (Å²) >= 11 is 3.25. The van der Waals surface area contributed by atoms with Crippen molar-refractivity contribution in [3.63, 3.8) is 0 Å². The number of alkyl halides is 3. The van der Waals surface area contributed by atoms with Crippen LogP contribution < -0.4 is 5.32 Å². The summed E-state index contributed by atoms with van der Waals surface area (Å²) in [6, 6.07) is 6.90. The molecule has 1 heterocycles. The minimum absolute atomic E-state index is 0.0400. The fourth-order valence-electron chi connectivity index (χ4n) is 2.66. The van der Waals surface area contributed by atoms with Crippen molar-refractivity contribution in [1.29, 1.82) is 0 Å². The highest BCUT2D eigenvalue weighted by Crippen LogP contribution is 2.47. The van der Waals surface area contributed by atoms with Crippen molar-refractivity contribution >= 4 is 21.9 Å². The number of hydrogen-bond donors (Lipinski definition) is 2. The quantitative estimate of drug-likeness (QED) is 0.880. The van der Waals surface area contributed by atoms with Crippen LogP contribution in [0.25, 0.3) is 0 Å². The Kier molecular flexibility index (Phi) is 4.11. The third-order valence-electron chi connectivity index (χ3n) is 3.75. The molecule has 2 unspecified atom stereocenters. The maximum absolute atomic E-state index is 13.3. The Morgan fingerprint density at radius 1 is 1.50 bits per heavy atom. The highest BCUT2D eigenvalue weighted by Gasteiger charge is 2.66. The summed E-state index contributed by atoms with van der Waals surface area (Å²) < 4.78 is 40.6. The van der Waals surface area contributed by atoms with E-state index in [0.717, 1.165) is 4.47 Å². The van der Waals surface area contributed by atoms with Crippen LogP contribution in [0.2, 0.25) is 0 Å². The summed E-state index contributed by atoms with van der Waals surface area (Å²) in [6.45, 7) is -0.539. The van der Waals surface area contributed by atoms with Crippen molar-refractivity contribution in [1.82, 2.24) is 5.32 Å². The molecule has 1 aliphatic rings. The lowest BCUT2D eigenvalue weighted by atomic mass is 9.74. The highest BCUT2D eigenvalue weighted by atomic mass is 79.9. The summed E-state index contributed by atoms with van der Waals surface area (Å²) in [5, 5.41) is 11.7. The van der Waals surface area contributed by atoms with E-state index >= 15 is 0 Å². The van der Waals surface area contributed by atoms with Gasteiger partial charge in [-0.1, -0.05) is 28.1 Å². The van der Waals surface area contributed by atoms with Crippen LogP contribution in [0.5, 0.6) is 0 Å². The Morgan fingerprint density at radius 2 is 2.20 bits per heavy atom. The fraction of sp³-hybridized carbons (Fsp3) is 0.462. The fourth-order valence-corrected chi connectivity index (χ4v) is 3.11. The first kappa shape index (κ1) is 15.3. The molecule has 0 amide bonds. The Labute approximate surface area is 122 Å². The predicted molar refractivity (Wildman–Crippen MR) is 70.3 cm³/mol. The van der Waals surface area contributed by atoms with E-state index in [-0.39, 0.29) is 13.0 Å². The summed E-state index contributed by atoms with van der Waals surface area (Å²) in [7, 11) is 0. The Morgan fingerprint density at radius 3 is 2.75 bits per heavy atom. The van der Waals surface area contributed by atoms with Crippen LogP contribution >= 0.6 is 15.9 Å². The van der Waals surface area contributed by atoms with E-state index in [2.05, 4.69) is 21.2 Å². The molecule has 1 aliphatic heterocycles. The van der Waals surface area contributed by atoms with E-state index in [0.29, 0.717) is 5.56 Å². The second kappa shape index (κ2) is 5.37. The Balaban J connectivity index is 2.32. The van der Waals surface area contributed by atoms with Crippen LogP contribution in [0.4, 0.5) is 13.2 Å². The summed E-state index contributed by atoms with van der Waals surface area (Å²) in [5.74, 6) is -2.83. The third-order valence-corrected chi connectivity index (χ3v) is 4.24. The molecule has 0 bridgehead atoms. The van der Waals surface area contributed by atoms with Gasteiger partial charge >= 0.3 is 12.1 Å². The van der Waals surface area contributed by atoms with Gasteiger partial charge in [0.2, 0.25) is 0 Å². The van der Waals surface area contributed by atoms with E-state index in [9.17, 15) is 18.0 Å². The van der Waals surface area contributed by atoms with Gasteiger partial charge in [-0.2, -0.15) is 13.2 Å². The molecule has 0 spiro atoms. The molecule has 1 aromatic carbocycles. The first-order chi connectivity index (χ1) is 9.27. The predicted octanol–water partition coefficient (Wildman–Crippen LogP) is 2.84. The van der Waals surface area contributed by atoms with Gasteiger partial charge in [-0.25, -0.2) is 0 Å². The number of rotatable bonds is 3. The van der Waals surface area contributed by atoms with Crippen LogP contribution in [-0.4, -0.2) is 30.3 Å². The van der Waals surface area contributed by atoms with Crippen LogP contribution in [0.3, 0.4) is 0 Å². The molecular formula is C13H13BrF3NO2. The maximum Gasteiger partial charge on any atom is 0.406 e. The van der Waals surface area contributed by atoms with E-state index < -0.39 is 30.0 Å². The van der Waals surface area contributed by atoms with Gasteiger partial charge in [-0.3, -0.25) is 4.79 Å². The van der Waals surface area contributed by atoms with Gasteiger partial charge in [0.25, 0.3) is 0 Å². The van der Waals surface area contributed by atoms with Gasteiger partial charge < -0.3 is 10.4 Å². The summed E-state index contributed by atoms with van der Waals surface area (Å²) in [6.07, 6.45) is -4.71. The van der Waals surface area contributed by atoms with Gasteiger partial charge in [0.15, 0.2) is 5.41 Å². The molecule has 110 valence electrons. The number of hydrogen-bond acceptors (Lipinski definition) is 2. The van der Waals surface area contributed by atoms with Crippen molar-refractivity contribution in [2.75, 3.05) is 13.1 Å². The molecule has 0 aliphatic carbocycles. The average Bonchev–Trinajstić information content (AvgIpc) is 2.73. The zero-order valence-corrected chi connectivity index (χ0v) is 12.0. The minimum atomic E-state index is -4.78. The van der Waals surface area contributed by atoms with E-state index in [4.69, 9.17) is 5.11 Å². The number of halogens is 4. The van der Waals surface area contributed by atoms with Gasteiger partial charge in [0, 0.05) is 16.9 Å². The molecule has 1 saturated heterocycles. The second-order valence-corrected chi connectivity index (χ2v) is 5.85. The third kappa shape index (κ3) is 2.56. The second-order valence-electron chi connectivity index (χ2n) is 4.94. The zero-order valence-electron chi connectivity index (χ0n) is 10.4. The number of carbonyl (C=O) groups is 1. The van der Waals surface area contributed by atoms with E-state index in [1.165, 1.54) is 0 Å². The number of nitrogens with one attached hydrogen (secondary N) is 1. The monoisotopic (exact) mass is 351 g/mol. The molecule has 1 fully saturated rings. The molecule has 1 aromatic rings. The number of carboxylic acids is 1. The number of aliphatic carboxylic acids is 1. The van der Waals surface area contributed by atoms with Crippen molar-refractivity contribution in [3.8, 4) is 0 Å². The van der Waals surface area contributed by atoms with Crippen LogP contribution in [0.15, 0.2) is 28.7 Å². The Bertz CT molecular complexity index is 521.